The highest BCUT2D eigenvalue weighted by Gasteiger charge is 2.34. The third kappa shape index (κ3) is 6.41. The van der Waals surface area contributed by atoms with Crippen molar-refractivity contribution >= 4 is 23.1 Å². The van der Waals surface area contributed by atoms with Crippen LogP contribution in [0, 0.1) is 11.6 Å². The molecule has 3 atom stereocenters. The Bertz CT molecular complexity index is 1580. The molecule has 44 heavy (non-hydrogen) atoms. The Hall–Kier alpha value is -4.04. The maximum absolute atomic E-state index is 16.4. The molecule has 1 aromatic carbocycles. The predicted octanol–water partition coefficient (Wildman–Crippen LogP) is 4.74. The Labute approximate surface area is 250 Å². The summed E-state index contributed by atoms with van der Waals surface area (Å²) in [6.07, 6.45) is -3.58. The van der Waals surface area contributed by atoms with Gasteiger partial charge in [-0.25, -0.2) is 13.8 Å². The van der Waals surface area contributed by atoms with Gasteiger partial charge in [-0.15, -0.1) is 0 Å². The number of carbonyl (C=O) groups excluding carboxylic acids is 1. The topological polar surface area (TPSA) is 93.8 Å². The minimum absolute atomic E-state index is 0.00870. The number of rotatable bonds is 5. The number of amides is 1. The quantitative estimate of drug-likeness (QED) is 0.398. The molecule has 2 saturated heterocycles. The minimum atomic E-state index is -4.90. The molecule has 2 aromatic heterocycles. The number of hydrogen-bond acceptors (Lipinski definition) is 7. The molecule has 9 nitrogen and oxygen atoms in total. The number of pyridine rings is 2. The second-order valence-corrected chi connectivity index (χ2v) is 11.3. The Morgan fingerprint density at radius 1 is 1.05 bits per heavy atom. The van der Waals surface area contributed by atoms with Crippen LogP contribution in [0.4, 0.5) is 39.1 Å². The third-order valence-electron chi connectivity index (χ3n) is 8.15. The summed E-state index contributed by atoms with van der Waals surface area (Å²) in [5, 5.41) is 2.33. The maximum Gasteiger partial charge on any atom is 0.416 e. The van der Waals surface area contributed by atoms with E-state index >= 15 is 8.78 Å². The molecular weight excluding hydrogens is 587 g/mol. The first kappa shape index (κ1) is 31.4. The standard InChI is InChI=1S/C30H33F5N6O3/c1-16-13-41(14-17(2)39(16)4)23-11-21(31)26(19-5-6-24(36-12-19)40-7-8-44-18(3)15-40)27(32)28(23)38-29(43)22-9-20(30(33,34)35)10-25(42)37-22/h5-6,9-12,16-18H,7-8,13-15H2,1-4H3,(H,37,42)(H,38,43)/t16-,17+,18-/m1/s1. The van der Waals surface area contributed by atoms with Crippen molar-refractivity contribution in [3.63, 3.8) is 0 Å². The highest BCUT2D eigenvalue weighted by atomic mass is 19.4. The lowest BCUT2D eigenvalue weighted by atomic mass is 10.0. The average molecular weight is 621 g/mol. The number of ether oxygens (including phenoxy) is 1. The van der Waals surface area contributed by atoms with Gasteiger partial charge in [0, 0.05) is 62.2 Å². The molecule has 4 heterocycles. The summed E-state index contributed by atoms with van der Waals surface area (Å²) in [5.74, 6) is -2.63. The molecule has 0 unspecified atom stereocenters. The van der Waals surface area contributed by atoms with Gasteiger partial charge in [-0.3, -0.25) is 14.5 Å². The van der Waals surface area contributed by atoms with Crippen LogP contribution >= 0.6 is 0 Å². The first-order chi connectivity index (χ1) is 20.7. The Morgan fingerprint density at radius 3 is 2.36 bits per heavy atom. The van der Waals surface area contributed by atoms with Crippen LogP contribution in [-0.4, -0.2) is 78.8 Å². The predicted molar refractivity (Wildman–Crippen MR) is 156 cm³/mol. The van der Waals surface area contributed by atoms with Crippen LogP contribution in [0.3, 0.4) is 0 Å². The third-order valence-corrected chi connectivity index (χ3v) is 8.15. The summed E-state index contributed by atoms with van der Waals surface area (Å²) in [6.45, 7) is 8.24. The zero-order valence-corrected chi connectivity index (χ0v) is 24.6. The molecule has 0 spiro atoms. The second kappa shape index (κ2) is 12.2. The zero-order chi connectivity index (χ0) is 31.9. The monoisotopic (exact) mass is 620 g/mol. The largest absolute Gasteiger partial charge is 0.416 e. The molecule has 3 aromatic rings. The summed E-state index contributed by atoms with van der Waals surface area (Å²) >= 11 is 0. The van der Waals surface area contributed by atoms with Crippen LogP contribution in [0.1, 0.15) is 36.8 Å². The highest BCUT2D eigenvalue weighted by Crippen LogP contribution is 2.40. The van der Waals surface area contributed by atoms with Crippen molar-refractivity contribution in [2.24, 2.45) is 0 Å². The summed E-state index contributed by atoms with van der Waals surface area (Å²) in [7, 11) is 1.93. The number of likely N-dealkylation sites (N-methyl/N-ethyl adjacent to an activating group) is 1. The van der Waals surface area contributed by atoms with Gasteiger partial charge >= 0.3 is 6.18 Å². The maximum atomic E-state index is 16.4. The van der Waals surface area contributed by atoms with E-state index in [4.69, 9.17) is 4.74 Å². The van der Waals surface area contributed by atoms with E-state index < -0.39 is 51.8 Å². The van der Waals surface area contributed by atoms with Gasteiger partial charge in [0.25, 0.3) is 5.91 Å². The summed E-state index contributed by atoms with van der Waals surface area (Å²) in [4.78, 5) is 37.5. The molecule has 0 aliphatic carbocycles. The SMILES string of the molecule is C[C@@H]1CN(c2ccc(-c3c(F)cc(N4C[C@@H](C)N(C)[C@@H](C)C4)c(NC(=O)c4cc(C(F)(F)F)cc(=O)[nH]4)c3F)cn2)CCO1. The number of aromatic amines is 1. The van der Waals surface area contributed by atoms with Gasteiger partial charge in [0.15, 0.2) is 5.82 Å². The van der Waals surface area contributed by atoms with Crippen molar-refractivity contribution in [1.29, 1.82) is 0 Å². The molecule has 2 aliphatic rings. The van der Waals surface area contributed by atoms with E-state index in [-0.39, 0.29) is 29.4 Å². The number of piperazine rings is 1. The fourth-order valence-corrected chi connectivity index (χ4v) is 5.60. The molecule has 14 heteroatoms. The molecule has 2 fully saturated rings. The number of nitrogens with one attached hydrogen (secondary N) is 2. The summed E-state index contributed by atoms with van der Waals surface area (Å²) in [6, 6.07) is 4.99. The molecule has 2 N–H and O–H groups in total. The number of morpholine rings is 1. The number of alkyl halides is 3. The van der Waals surface area contributed by atoms with Gasteiger partial charge in [-0.1, -0.05) is 0 Å². The number of anilines is 3. The number of H-pyrrole nitrogens is 1. The molecule has 2 aliphatic heterocycles. The normalized spacial score (nSPS) is 21.4. The van der Waals surface area contributed by atoms with Crippen molar-refractivity contribution < 1.29 is 31.5 Å². The second-order valence-electron chi connectivity index (χ2n) is 11.3. The van der Waals surface area contributed by atoms with Crippen LogP contribution in [0.15, 0.2) is 41.3 Å². The van der Waals surface area contributed by atoms with Gasteiger partial charge in [-0.05, 0) is 46.0 Å². The van der Waals surface area contributed by atoms with Gasteiger partial charge < -0.3 is 24.8 Å². The van der Waals surface area contributed by atoms with E-state index in [9.17, 15) is 22.8 Å². The van der Waals surface area contributed by atoms with Crippen LogP contribution in [0.5, 0.6) is 0 Å². The fourth-order valence-electron chi connectivity index (χ4n) is 5.60. The number of nitrogens with zero attached hydrogens (tertiary/aromatic N) is 4. The summed E-state index contributed by atoms with van der Waals surface area (Å²) < 4.78 is 77.8. The van der Waals surface area contributed by atoms with Crippen molar-refractivity contribution in [1.82, 2.24) is 14.9 Å². The smallest absolute Gasteiger partial charge is 0.375 e. The van der Waals surface area contributed by atoms with E-state index in [2.05, 4.69) is 20.2 Å². The lowest BCUT2D eigenvalue weighted by Crippen LogP contribution is -2.55. The zero-order valence-electron chi connectivity index (χ0n) is 24.6. The van der Waals surface area contributed by atoms with Crippen LogP contribution in [-0.2, 0) is 10.9 Å². The molecule has 5 rings (SSSR count). The number of halogens is 5. The van der Waals surface area contributed by atoms with E-state index in [1.54, 1.807) is 11.0 Å². The van der Waals surface area contributed by atoms with E-state index in [0.717, 1.165) is 6.07 Å². The number of carbonyl (C=O) groups is 1. The fraction of sp³-hybridized carbons (Fsp3) is 0.433. The Morgan fingerprint density at radius 2 is 1.75 bits per heavy atom. The Balaban J connectivity index is 1.57. The van der Waals surface area contributed by atoms with E-state index in [1.807, 2.05) is 32.7 Å². The molecule has 0 saturated carbocycles. The lowest BCUT2D eigenvalue weighted by Gasteiger charge is -2.44. The van der Waals surface area contributed by atoms with Crippen molar-refractivity contribution in [3.8, 4) is 11.1 Å². The number of hydrogen-bond donors (Lipinski definition) is 2. The highest BCUT2D eigenvalue weighted by molar-refractivity contribution is 6.05. The van der Waals surface area contributed by atoms with E-state index in [0.29, 0.717) is 50.7 Å². The van der Waals surface area contributed by atoms with Crippen LogP contribution < -0.4 is 20.7 Å². The first-order valence-electron chi connectivity index (χ1n) is 14.2. The van der Waals surface area contributed by atoms with Gasteiger partial charge in [0.1, 0.15) is 23.0 Å². The average Bonchev–Trinajstić information content (AvgIpc) is 2.96. The van der Waals surface area contributed by atoms with Gasteiger partial charge in [0.05, 0.1) is 29.5 Å². The van der Waals surface area contributed by atoms with Gasteiger partial charge in [-0.2, -0.15) is 13.2 Å². The van der Waals surface area contributed by atoms with Crippen LogP contribution in [0.2, 0.25) is 0 Å². The number of aromatic nitrogens is 2. The van der Waals surface area contributed by atoms with Gasteiger partial charge in [0.2, 0.25) is 5.56 Å². The minimum Gasteiger partial charge on any atom is -0.375 e. The molecular formula is C30H33F5N6O3. The Kier molecular flexibility index (Phi) is 8.67. The van der Waals surface area contributed by atoms with E-state index in [1.165, 1.54) is 12.3 Å². The van der Waals surface area contributed by atoms with Crippen LogP contribution in [0.25, 0.3) is 11.1 Å². The molecule has 0 radical (unpaired) electrons. The molecule has 0 bridgehead atoms. The lowest BCUT2D eigenvalue weighted by molar-refractivity contribution is -0.137. The number of benzene rings is 1. The molecule has 1 amide bonds. The first-order valence-corrected chi connectivity index (χ1v) is 14.2. The van der Waals surface area contributed by atoms with Crippen molar-refractivity contribution in [2.45, 2.75) is 45.1 Å². The summed E-state index contributed by atoms with van der Waals surface area (Å²) in [5.41, 5.74) is -4.01. The van der Waals surface area contributed by atoms with Crippen molar-refractivity contribution in [3.05, 3.63) is 69.8 Å². The molecule has 236 valence electrons. The van der Waals surface area contributed by atoms with Crippen molar-refractivity contribution in [2.75, 3.05) is 55.0 Å².